The quantitative estimate of drug-likeness (QED) is 0.423. The number of esters is 1. The average molecular weight is 495 g/mol. The van der Waals surface area contributed by atoms with Gasteiger partial charge in [-0.1, -0.05) is 54.6 Å². The zero-order valence-corrected chi connectivity index (χ0v) is 19.8. The number of amides is 2. The summed E-state index contributed by atoms with van der Waals surface area (Å²) in [6.07, 6.45) is -1.09. The molecule has 1 unspecified atom stereocenters. The summed E-state index contributed by atoms with van der Waals surface area (Å²) in [5.74, 6) is -2.47. The Morgan fingerprint density at radius 2 is 1.49 bits per heavy atom. The van der Waals surface area contributed by atoms with Gasteiger partial charge in [0.1, 0.15) is 5.71 Å². The lowest BCUT2D eigenvalue weighted by molar-refractivity contribution is -0.146. The Morgan fingerprint density at radius 3 is 2.22 bits per heavy atom. The highest BCUT2D eigenvalue weighted by Crippen LogP contribution is 2.32. The van der Waals surface area contributed by atoms with Crippen LogP contribution in [0.4, 0.5) is 11.4 Å². The van der Waals surface area contributed by atoms with Gasteiger partial charge >= 0.3 is 5.97 Å². The number of fused-ring (bicyclic) bond motifs is 2. The minimum absolute atomic E-state index is 0.0116. The van der Waals surface area contributed by atoms with Crippen LogP contribution in [0.15, 0.2) is 77.9 Å². The number of ether oxygens (including phenoxy) is 1. The van der Waals surface area contributed by atoms with Gasteiger partial charge in [0.2, 0.25) is 5.91 Å². The van der Waals surface area contributed by atoms with E-state index in [2.05, 4.69) is 10.4 Å². The Balaban J connectivity index is 1.32. The van der Waals surface area contributed by atoms with Gasteiger partial charge in [0, 0.05) is 29.5 Å². The molecule has 2 aliphatic rings. The molecule has 5 rings (SSSR count). The molecule has 0 aromatic heterocycles. The fourth-order valence-corrected chi connectivity index (χ4v) is 4.24. The fraction of sp³-hybridized carbons (Fsp3) is 0.143. The molecule has 9 heteroatoms. The van der Waals surface area contributed by atoms with E-state index in [9.17, 15) is 24.0 Å². The first kappa shape index (κ1) is 23.8. The van der Waals surface area contributed by atoms with Crippen LogP contribution in [0.2, 0.25) is 0 Å². The molecule has 3 aromatic rings. The van der Waals surface area contributed by atoms with Crippen molar-refractivity contribution in [3.63, 3.8) is 0 Å². The van der Waals surface area contributed by atoms with Gasteiger partial charge in [-0.15, -0.1) is 0 Å². The number of ketones is 2. The Morgan fingerprint density at radius 1 is 0.838 bits per heavy atom. The van der Waals surface area contributed by atoms with E-state index in [0.717, 1.165) is 5.01 Å². The van der Waals surface area contributed by atoms with E-state index in [-0.39, 0.29) is 58.4 Å². The number of carbonyl (C=O) groups is 5. The second-order valence-corrected chi connectivity index (χ2v) is 8.56. The molecule has 0 saturated heterocycles. The topological polar surface area (TPSA) is 122 Å². The number of nitrogens with one attached hydrogen (secondary N) is 1. The summed E-state index contributed by atoms with van der Waals surface area (Å²) in [5.41, 5.74) is 1.51. The summed E-state index contributed by atoms with van der Waals surface area (Å²) in [7, 11) is 0. The summed E-state index contributed by atoms with van der Waals surface area (Å²) in [6, 6.07) is 19.8. The first-order valence-electron chi connectivity index (χ1n) is 11.6. The van der Waals surface area contributed by atoms with Gasteiger partial charge in [0.25, 0.3) is 5.91 Å². The standard InChI is InChI=1S/C28H21N3O6/c1-16(37-28(36)22-14-15-23(32)31(30-22)17-8-3-2-4-9-17)27(35)29-21-13-7-12-20-24(21)26(34)19-11-6-5-10-18(19)25(20)33/h2-13,16H,14-15H2,1H3,(H,29,35). The minimum Gasteiger partial charge on any atom is -0.448 e. The highest BCUT2D eigenvalue weighted by Gasteiger charge is 2.33. The van der Waals surface area contributed by atoms with Gasteiger partial charge in [-0.2, -0.15) is 5.10 Å². The highest BCUT2D eigenvalue weighted by atomic mass is 16.5. The van der Waals surface area contributed by atoms with Crippen LogP contribution in [-0.4, -0.2) is 41.2 Å². The summed E-state index contributed by atoms with van der Waals surface area (Å²) in [6.45, 7) is 1.38. The first-order chi connectivity index (χ1) is 17.8. The predicted octanol–water partition coefficient (Wildman–Crippen LogP) is 3.52. The third-order valence-electron chi connectivity index (χ3n) is 6.13. The summed E-state index contributed by atoms with van der Waals surface area (Å²) >= 11 is 0. The van der Waals surface area contributed by atoms with Crippen molar-refractivity contribution in [3.8, 4) is 0 Å². The van der Waals surface area contributed by atoms with Crippen molar-refractivity contribution in [2.75, 3.05) is 10.3 Å². The molecule has 37 heavy (non-hydrogen) atoms. The number of hydrazone groups is 1. The number of hydrogen-bond donors (Lipinski definition) is 1. The van der Waals surface area contributed by atoms with Crippen molar-refractivity contribution in [1.29, 1.82) is 0 Å². The number of benzene rings is 3. The van der Waals surface area contributed by atoms with Crippen LogP contribution in [0.5, 0.6) is 0 Å². The Hall–Kier alpha value is -4.92. The maximum absolute atomic E-state index is 13.1. The number of hydrogen-bond acceptors (Lipinski definition) is 7. The first-order valence-corrected chi connectivity index (χ1v) is 11.6. The van der Waals surface area contributed by atoms with Crippen LogP contribution in [0.25, 0.3) is 0 Å². The molecule has 1 N–H and O–H groups in total. The van der Waals surface area contributed by atoms with Gasteiger partial charge in [0.15, 0.2) is 17.7 Å². The molecule has 1 heterocycles. The van der Waals surface area contributed by atoms with E-state index in [1.54, 1.807) is 60.7 Å². The smallest absolute Gasteiger partial charge is 0.355 e. The Bertz CT molecular complexity index is 1490. The fourth-order valence-electron chi connectivity index (χ4n) is 4.24. The van der Waals surface area contributed by atoms with Crippen molar-refractivity contribution in [2.24, 2.45) is 5.10 Å². The number of nitrogens with zero attached hydrogens (tertiary/aromatic N) is 2. The average Bonchev–Trinajstić information content (AvgIpc) is 2.92. The van der Waals surface area contributed by atoms with Gasteiger partial charge in [-0.05, 0) is 25.1 Å². The van der Waals surface area contributed by atoms with Crippen LogP contribution in [0.3, 0.4) is 0 Å². The number of para-hydroxylation sites is 1. The maximum Gasteiger partial charge on any atom is 0.355 e. The maximum atomic E-state index is 13.1. The van der Waals surface area contributed by atoms with Crippen molar-refractivity contribution >= 4 is 46.4 Å². The van der Waals surface area contributed by atoms with E-state index in [0.29, 0.717) is 11.3 Å². The van der Waals surface area contributed by atoms with Crippen LogP contribution >= 0.6 is 0 Å². The number of carbonyl (C=O) groups excluding carboxylic acids is 5. The van der Waals surface area contributed by atoms with E-state index in [1.165, 1.54) is 19.1 Å². The lowest BCUT2D eigenvalue weighted by Crippen LogP contribution is -2.38. The zero-order valence-electron chi connectivity index (χ0n) is 19.8. The highest BCUT2D eigenvalue weighted by molar-refractivity contribution is 6.38. The third-order valence-corrected chi connectivity index (χ3v) is 6.13. The SMILES string of the molecule is CC(OC(=O)C1=NN(c2ccccc2)C(=O)CC1)C(=O)Nc1cccc2c1C(=O)c1ccccc1C2=O. The molecule has 0 bridgehead atoms. The van der Waals surface area contributed by atoms with Crippen LogP contribution in [0, 0.1) is 0 Å². The molecule has 0 fully saturated rings. The Kier molecular flexibility index (Phi) is 6.19. The summed E-state index contributed by atoms with van der Waals surface area (Å²) in [5, 5.41) is 7.89. The molecule has 184 valence electrons. The minimum atomic E-state index is -1.24. The van der Waals surface area contributed by atoms with Gasteiger partial charge in [0.05, 0.1) is 16.9 Å². The zero-order chi connectivity index (χ0) is 26.1. The molecule has 0 radical (unpaired) electrons. The Labute approximate surface area is 211 Å². The van der Waals surface area contributed by atoms with E-state index in [4.69, 9.17) is 4.74 Å². The molecular weight excluding hydrogens is 474 g/mol. The molecule has 2 amide bonds. The second-order valence-electron chi connectivity index (χ2n) is 8.56. The summed E-state index contributed by atoms with van der Waals surface area (Å²) in [4.78, 5) is 64.0. The second kappa shape index (κ2) is 9.62. The molecule has 3 aromatic carbocycles. The molecule has 0 spiro atoms. The normalized spacial score (nSPS) is 15.3. The lowest BCUT2D eigenvalue weighted by atomic mass is 9.83. The molecule has 9 nitrogen and oxygen atoms in total. The van der Waals surface area contributed by atoms with Crippen molar-refractivity contribution < 1.29 is 28.7 Å². The third kappa shape index (κ3) is 4.42. The number of anilines is 2. The van der Waals surface area contributed by atoms with E-state index in [1.807, 2.05) is 0 Å². The van der Waals surface area contributed by atoms with Crippen LogP contribution < -0.4 is 10.3 Å². The van der Waals surface area contributed by atoms with Gasteiger partial charge in [-0.3, -0.25) is 19.2 Å². The van der Waals surface area contributed by atoms with Crippen LogP contribution in [0.1, 0.15) is 51.6 Å². The monoisotopic (exact) mass is 495 g/mol. The van der Waals surface area contributed by atoms with Gasteiger partial charge in [-0.25, -0.2) is 9.80 Å². The molecule has 0 saturated carbocycles. The van der Waals surface area contributed by atoms with Crippen molar-refractivity contribution in [3.05, 3.63) is 95.1 Å². The molecular formula is C28H21N3O6. The lowest BCUT2D eigenvalue weighted by Gasteiger charge is -2.23. The van der Waals surface area contributed by atoms with E-state index >= 15 is 0 Å². The molecule has 1 aliphatic carbocycles. The predicted molar refractivity (Wildman–Crippen MR) is 135 cm³/mol. The number of rotatable bonds is 5. The van der Waals surface area contributed by atoms with Crippen molar-refractivity contribution in [2.45, 2.75) is 25.9 Å². The van der Waals surface area contributed by atoms with Crippen molar-refractivity contribution in [1.82, 2.24) is 0 Å². The largest absolute Gasteiger partial charge is 0.448 e. The molecule has 1 atom stereocenters. The van der Waals surface area contributed by atoms with E-state index < -0.39 is 18.0 Å². The summed E-state index contributed by atoms with van der Waals surface area (Å²) < 4.78 is 5.32. The van der Waals surface area contributed by atoms with Gasteiger partial charge < -0.3 is 10.1 Å². The van der Waals surface area contributed by atoms with Crippen LogP contribution in [-0.2, 0) is 19.1 Å². The molecule has 1 aliphatic heterocycles.